The van der Waals surface area contributed by atoms with Gasteiger partial charge in [0.05, 0.1) is 16.8 Å². The Balaban J connectivity index is 1.71. The fraction of sp³-hybridized carbons (Fsp3) is 0.250. The molecule has 0 atom stereocenters. The van der Waals surface area contributed by atoms with Gasteiger partial charge in [-0.3, -0.25) is 0 Å². The Labute approximate surface area is 196 Å². The summed E-state index contributed by atoms with van der Waals surface area (Å²) in [5.74, 6) is 2.35. The standard InChI is InChI=1S/C24H25ClINO3/c1-3-28-20-11-9-19(10-12-20)27-15-17-13-22(26)24(23(14-17)29-4-2)30-16-18-7-5-6-8-21(18)25/h5-14,27H,3-4,15-16H2,1-2H3. The van der Waals surface area contributed by atoms with Crippen molar-refractivity contribution < 1.29 is 14.2 Å². The third-order valence-corrected chi connectivity index (χ3v) is 5.53. The van der Waals surface area contributed by atoms with Gasteiger partial charge in [0.25, 0.3) is 0 Å². The summed E-state index contributed by atoms with van der Waals surface area (Å²) in [6, 6.07) is 19.8. The molecule has 0 aliphatic carbocycles. The molecule has 158 valence electrons. The molecular formula is C24H25ClINO3. The molecule has 0 saturated heterocycles. The van der Waals surface area contributed by atoms with Crippen LogP contribution in [0, 0.1) is 3.57 Å². The van der Waals surface area contributed by atoms with E-state index in [9.17, 15) is 0 Å². The average Bonchev–Trinajstić information content (AvgIpc) is 2.74. The molecule has 0 unspecified atom stereocenters. The van der Waals surface area contributed by atoms with Crippen LogP contribution in [-0.4, -0.2) is 13.2 Å². The first-order valence-corrected chi connectivity index (χ1v) is 11.3. The highest BCUT2D eigenvalue weighted by atomic mass is 127. The Bertz CT molecular complexity index is 963. The van der Waals surface area contributed by atoms with Crippen molar-refractivity contribution in [2.24, 2.45) is 0 Å². The van der Waals surface area contributed by atoms with Gasteiger partial charge < -0.3 is 19.5 Å². The van der Waals surface area contributed by atoms with Crippen LogP contribution in [0.5, 0.6) is 17.2 Å². The van der Waals surface area contributed by atoms with Crippen LogP contribution < -0.4 is 19.5 Å². The van der Waals surface area contributed by atoms with Crippen molar-refractivity contribution in [3.63, 3.8) is 0 Å². The SMILES string of the molecule is CCOc1ccc(NCc2cc(I)c(OCc3ccccc3Cl)c(OCC)c2)cc1. The van der Waals surface area contributed by atoms with Gasteiger partial charge in [-0.1, -0.05) is 29.8 Å². The molecule has 4 nitrogen and oxygen atoms in total. The van der Waals surface area contributed by atoms with Crippen LogP contribution in [0.25, 0.3) is 0 Å². The number of halogens is 2. The number of nitrogens with one attached hydrogen (secondary N) is 1. The van der Waals surface area contributed by atoms with E-state index in [0.29, 0.717) is 31.4 Å². The molecule has 0 amide bonds. The van der Waals surface area contributed by atoms with Gasteiger partial charge in [-0.05, 0) is 84.5 Å². The molecule has 0 radical (unpaired) electrons. The first kappa shape index (κ1) is 22.6. The molecule has 6 heteroatoms. The third-order valence-electron chi connectivity index (χ3n) is 4.36. The lowest BCUT2D eigenvalue weighted by molar-refractivity contribution is 0.267. The van der Waals surface area contributed by atoms with Crippen molar-refractivity contribution in [2.45, 2.75) is 27.0 Å². The minimum Gasteiger partial charge on any atom is -0.494 e. The zero-order chi connectivity index (χ0) is 21.3. The largest absolute Gasteiger partial charge is 0.494 e. The second kappa shape index (κ2) is 11.3. The molecule has 1 N–H and O–H groups in total. The Morgan fingerprint density at radius 2 is 1.63 bits per heavy atom. The molecule has 30 heavy (non-hydrogen) atoms. The fourth-order valence-corrected chi connectivity index (χ4v) is 3.94. The quantitative estimate of drug-likeness (QED) is 0.285. The number of hydrogen-bond acceptors (Lipinski definition) is 4. The van der Waals surface area contributed by atoms with Crippen molar-refractivity contribution in [3.05, 3.63) is 80.4 Å². The van der Waals surface area contributed by atoms with E-state index in [-0.39, 0.29) is 0 Å². The average molecular weight is 538 g/mol. The van der Waals surface area contributed by atoms with Crippen molar-refractivity contribution in [1.82, 2.24) is 0 Å². The minimum absolute atomic E-state index is 0.388. The van der Waals surface area contributed by atoms with Gasteiger partial charge in [0, 0.05) is 22.8 Å². The van der Waals surface area contributed by atoms with Crippen LogP contribution in [0.2, 0.25) is 5.02 Å². The number of hydrogen-bond donors (Lipinski definition) is 1. The molecule has 0 aromatic heterocycles. The van der Waals surface area contributed by atoms with Crippen LogP contribution in [0.4, 0.5) is 5.69 Å². The lowest BCUT2D eigenvalue weighted by Gasteiger charge is -2.16. The summed E-state index contributed by atoms with van der Waals surface area (Å²) in [4.78, 5) is 0. The van der Waals surface area contributed by atoms with Crippen LogP contribution in [0.15, 0.2) is 60.7 Å². The normalized spacial score (nSPS) is 10.5. The highest BCUT2D eigenvalue weighted by Crippen LogP contribution is 2.35. The maximum absolute atomic E-state index is 6.25. The highest BCUT2D eigenvalue weighted by Gasteiger charge is 2.13. The maximum Gasteiger partial charge on any atom is 0.174 e. The van der Waals surface area contributed by atoms with Gasteiger partial charge in [0.15, 0.2) is 11.5 Å². The van der Waals surface area contributed by atoms with Crippen LogP contribution in [-0.2, 0) is 13.2 Å². The molecule has 3 aromatic carbocycles. The van der Waals surface area contributed by atoms with Crippen molar-refractivity contribution in [3.8, 4) is 17.2 Å². The van der Waals surface area contributed by atoms with Crippen molar-refractivity contribution in [2.75, 3.05) is 18.5 Å². The minimum atomic E-state index is 0.388. The maximum atomic E-state index is 6.25. The number of benzene rings is 3. The fourth-order valence-electron chi connectivity index (χ4n) is 2.93. The van der Waals surface area contributed by atoms with E-state index in [2.05, 4.69) is 34.0 Å². The topological polar surface area (TPSA) is 39.7 Å². The van der Waals surface area contributed by atoms with E-state index < -0.39 is 0 Å². The molecule has 0 saturated carbocycles. The molecule has 0 spiro atoms. The molecule has 0 aliphatic heterocycles. The monoisotopic (exact) mass is 537 g/mol. The Kier molecular flexibility index (Phi) is 8.51. The summed E-state index contributed by atoms with van der Waals surface area (Å²) in [5, 5.41) is 4.13. The lowest BCUT2D eigenvalue weighted by atomic mass is 10.2. The lowest BCUT2D eigenvalue weighted by Crippen LogP contribution is -2.05. The number of rotatable bonds is 10. The van der Waals surface area contributed by atoms with E-state index in [4.69, 9.17) is 25.8 Å². The zero-order valence-electron chi connectivity index (χ0n) is 17.1. The molecule has 0 bridgehead atoms. The third kappa shape index (κ3) is 6.19. The van der Waals surface area contributed by atoms with Crippen LogP contribution in [0.3, 0.4) is 0 Å². The second-order valence-corrected chi connectivity index (χ2v) is 8.10. The smallest absolute Gasteiger partial charge is 0.174 e. The Morgan fingerprint density at radius 1 is 0.900 bits per heavy atom. The predicted molar refractivity (Wildman–Crippen MR) is 131 cm³/mol. The van der Waals surface area contributed by atoms with E-state index in [1.165, 1.54) is 0 Å². The van der Waals surface area contributed by atoms with E-state index in [0.717, 1.165) is 37.6 Å². The Hall–Kier alpha value is -2.12. The van der Waals surface area contributed by atoms with E-state index in [1.807, 2.05) is 68.4 Å². The first-order chi connectivity index (χ1) is 14.6. The summed E-state index contributed by atoms with van der Waals surface area (Å²) < 4.78 is 18.4. The van der Waals surface area contributed by atoms with Crippen LogP contribution in [0.1, 0.15) is 25.0 Å². The van der Waals surface area contributed by atoms with Gasteiger partial charge >= 0.3 is 0 Å². The summed E-state index contributed by atoms with van der Waals surface area (Å²) in [6.07, 6.45) is 0. The Morgan fingerprint density at radius 3 is 2.33 bits per heavy atom. The molecule has 0 heterocycles. The summed E-state index contributed by atoms with van der Waals surface area (Å²) in [6.45, 7) is 6.24. The summed E-state index contributed by atoms with van der Waals surface area (Å²) >= 11 is 8.54. The van der Waals surface area contributed by atoms with Gasteiger partial charge in [0.2, 0.25) is 0 Å². The van der Waals surface area contributed by atoms with Gasteiger partial charge in [0.1, 0.15) is 12.4 Å². The molecule has 0 aliphatic rings. The van der Waals surface area contributed by atoms with Crippen LogP contribution >= 0.6 is 34.2 Å². The number of ether oxygens (including phenoxy) is 3. The second-order valence-electron chi connectivity index (χ2n) is 6.53. The molecule has 3 aromatic rings. The van der Waals surface area contributed by atoms with E-state index in [1.54, 1.807) is 0 Å². The van der Waals surface area contributed by atoms with Gasteiger partial charge in [-0.25, -0.2) is 0 Å². The summed E-state index contributed by atoms with van der Waals surface area (Å²) in [5.41, 5.74) is 3.09. The predicted octanol–water partition coefficient (Wildman–Crippen LogP) is 6.93. The molecule has 0 fully saturated rings. The zero-order valence-corrected chi connectivity index (χ0v) is 20.0. The van der Waals surface area contributed by atoms with Crippen molar-refractivity contribution >= 4 is 39.9 Å². The molecular weight excluding hydrogens is 513 g/mol. The van der Waals surface area contributed by atoms with Crippen molar-refractivity contribution in [1.29, 1.82) is 0 Å². The summed E-state index contributed by atoms with van der Waals surface area (Å²) in [7, 11) is 0. The van der Waals surface area contributed by atoms with E-state index >= 15 is 0 Å². The van der Waals surface area contributed by atoms with Gasteiger partial charge in [-0.15, -0.1) is 0 Å². The van der Waals surface area contributed by atoms with Gasteiger partial charge in [-0.2, -0.15) is 0 Å². The molecule has 3 rings (SSSR count). The first-order valence-electron chi connectivity index (χ1n) is 9.88. The highest BCUT2D eigenvalue weighted by molar-refractivity contribution is 14.1. The number of anilines is 1.